The summed E-state index contributed by atoms with van der Waals surface area (Å²) in [5.74, 6) is -0.822. The number of carbonyl (C=O) groups is 3. The van der Waals surface area contributed by atoms with Gasteiger partial charge in [0.2, 0.25) is 5.91 Å². The fraction of sp³-hybridized carbons (Fsp3) is 0.400. The highest BCUT2D eigenvalue weighted by Gasteiger charge is 2.44. The van der Waals surface area contributed by atoms with Gasteiger partial charge in [-0.3, -0.25) is 14.5 Å². The normalized spacial score (nSPS) is 18.1. The van der Waals surface area contributed by atoms with E-state index in [0.29, 0.717) is 5.02 Å². The molecule has 6 nitrogen and oxygen atoms in total. The van der Waals surface area contributed by atoms with E-state index in [2.05, 4.69) is 10.6 Å². The van der Waals surface area contributed by atoms with Gasteiger partial charge in [-0.25, -0.2) is 4.79 Å². The monoisotopic (exact) mass is 323 g/mol. The van der Waals surface area contributed by atoms with E-state index in [9.17, 15) is 14.4 Å². The molecule has 1 aliphatic heterocycles. The molecule has 0 unspecified atom stereocenters. The first-order valence-electron chi connectivity index (χ1n) is 6.89. The third kappa shape index (κ3) is 3.39. The van der Waals surface area contributed by atoms with E-state index in [0.717, 1.165) is 10.5 Å². The van der Waals surface area contributed by atoms with Crippen molar-refractivity contribution in [1.82, 2.24) is 15.5 Å². The standard InChI is InChI=1S/C15H18ClN3O3/c1-9(10-5-4-6-11(16)7-10)17-12(20)8-19-13(21)15(2,3)18-14(19)22/h4-7,9H,8H2,1-3H3,(H,17,20)(H,18,22)/t9-/m1/s1. The maximum Gasteiger partial charge on any atom is 0.325 e. The fourth-order valence-electron chi connectivity index (χ4n) is 2.25. The van der Waals surface area contributed by atoms with Crippen LogP contribution in [0.4, 0.5) is 4.79 Å². The first kappa shape index (κ1) is 16.3. The molecule has 1 saturated heterocycles. The largest absolute Gasteiger partial charge is 0.348 e. The summed E-state index contributed by atoms with van der Waals surface area (Å²) in [5.41, 5.74) is -0.131. The molecule has 0 spiro atoms. The van der Waals surface area contributed by atoms with Crippen LogP contribution in [0.5, 0.6) is 0 Å². The Hall–Kier alpha value is -2.08. The number of rotatable bonds is 4. The van der Waals surface area contributed by atoms with Crippen molar-refractivity contribution in [2.45, 2.75) is 32.4 Å². The number of hydrogen-bond acceptors (Lipinski definition) is 3. The number of imide groups is 1. The highest BCUT2D eigenvalue weighted by atomic mass is 35.5. The minimum absolute atomic E-state index is 0.278. The number of nitrogens with one attached hydrogen (secondary N) is 2. The van der Waals surface area contributed by atoms with Crippen LogP contribution in [0.2, 0.25) is 5.02 Å². The van der Waals surface area contributed by atoms with E-state index < -0.39 is 23.4 Å². The van der Waals surface area contributed by atoms with Gasteiger partial charge in [-0.05, 0) is 38.5 Å². The van der Waals surface area contributed by atoms with Crippen molar-refractivity contribution in [2.24, 2.45) is 0 Å². The Morgan fingerprint density at radius 3 is 2.64 bits per heavy atom. The molecule has 0 saturated carbocycles. The summed E-state index contributed by atoms with van der Waals surface area (Å²) in [6.45, 7) is 4.69. The molecule has 1 aliphatic rings. The predicted octanol–water partition coefficient (Wildman–Crippen LogP) is 1.85. The topological polar surface area (TPSA) is 78.5 Å². The molecule has 2 rings (SSSR count). The molecule has 4 amide bonds. The second-order valence-corrected chi connectivity index (χ2v) is 6.23. The van der Waals surface area contributed by atoms with E-state index in [4.69, 9.17) is 11.6 Å². The molecule has 2 N–H and O–H groups in total. The second-order valence-electron chi connectivity index (χ2n) is 5.79. The number of carbonyl (C=O) groups excluding carboxylic acids is 3. The van der Waals surface area contributed by atoms with Gasteiger partial charge >= 0.3 is 6.03 Å². The number of hydrogen-bond donors (Lipinski definition) is 2. The molecule has 1 heterocycles. The van der Waals surface area contributed by atoms with E-state index in [1.54, 1.807) is 39.0 Å². The summed E-state index contributed by atoms with van der Waals surface area (Å²) < 4.78 is 0. The molecule has 1 atom stereocenters. The zero-order valence-corrected chi connectivity index (χ0v) is 13.4. The van der Waals surface area contributed by atoms with E-state index in [-0.39, 0.29) is 12.6 Å². The lowest BCUT2D eigenvalue weighted by Gasteiger charge is -2.18. The van der Waals surface area contributed by atoms with Crippen molar-refractivity contribution in [1.29, 1.82) is 0 Å². The molecule has 7 heteroatoms. The van der Waals surface area contributed by atoms with E-state index in [1.165, 1.54) is 0 Å². The van der Waals surface area contributed by atoms with Crippen molar-refractivity contribution >= 4 is 29.4 Å². The van der Waals surface area contributed by atoms with Crippen LogP contribution in [0.3, 0.4) is 0 Å². The van der Waals surface area contributed by atoms with Crippen LogP contribution >= 0.6 is 11.6 Å². The molecular formula is C15H18ClN3O3. The van der Waals surface area contributed by atoms with Gasteiger partial charge in [-0.15, -0.1) is 0 Å². The number of nitrogens with zero attached hydrogens (tertiary/aromatic N) is 1. The van der Waals surface area contributed by atoms with Crippen LogP contribution in [-0.4, -0.2) is 34.8 Å². The maximum atomic E-state index is 12.1. The Kier molecular flexibility index (Phi) is 4.42. The van der Waals surface area contributed by atoms with Crippen LogP contribution in [0, 0.1) is 0 Å². The van der Waals surface area contributed by atoms with Gasteiger partial charge < -0.3 is 10.6 Å². The first-order chi connectivity index (χ1) is 10.2. The molecule has 0 bridgehead atoms. The van der Waals surface area contributed by atoms with Gasteiger partial charge in [0.25, 0.3) is 5.91 Å². The molecule has 1 aromatic carbocycles. The molecule has 0 aromatic heterocycles. The van der Waals surface area contributed by atoms with Crippen LogP contribution in [0.1, 0.15) is 32.4 Å². The molecule has 1 fully saturated rings. The summed E-state index contributed by atoms with van der Waals surface area (Å²) >= 11 is 5.91. The number of urea groups is 1. The summed E-state index contributed by atoms with van der Waals surface area (Å²) in [6.07, 6.45) is 0. The van der Waals surface area contributed by atoms with Gasteiger partial charge in [-0.1, -0.05) is 23.7 Å². The summed E-state index contributed by atoms with van der Waals surface area (Å²) in [6, 6.07) is 6.30. The molecule has 0 aliphatic carbocycles. The first-order valence-corrected chi connectivity index (χ1v) is 7.27. The van der Waals surface area contributed by atoms with E-state index >= 15 is 0 Å². The zero-order valence-electron chi connectivity index (χ0n) is 12.6. The van der Waals surface area contributed by atoms with Gasteiger partial charge in [0, 0.05) is 5.02 Å². The third-order valence-corrected chi connectivity index (χ3v) is 3.71. The van der Waals surface area contributed by atoms with Crippen molar-refractivity contribution in [3.8, 4) is 0 Å². The Bertz CT molecular complexity index is 630. The Morgan fingerprint density at radius 1 is 1.41 bits per heavy atom. The highest BCUT2D eigenvalue weighted by Crippen LogP contribution is 2.18. The van der Waals surface area contributed by atoms with Crippen LogP contribution in [-0.2, 0) is 9.59 Å². The summed E-state index contributed by atoms with van der Waals surface area (Å²) in [4.78, 5) is 36.7. The number of amides is 4. The van der Waals surface area contributed by atoms with Gasteiger partial charge in [0.05, 0.1) is 6.04 Å². The Labute approximate surface area is 133 Å². The minimum atomic E-state index is -0.976. The smallest absolute Gasteiger partial charge is 0.325 e. The molecule has 118 valence electrons. The van der Waals surface area contributed by atoms with Crippen LogP contribution in [0.25, 0.3) is 0 Å². The third-order valence-electron chi connectivity index (χ3n) is 3.47. The average Bonchev–Trinajstić information content (AvgIpc) is 2.61. The van der Waals surface area contributed by atoms with Crippen LogP contribution < -0.4 is 10.6 Å². The van der Waals surface area contributed by atoms with Crippen molar-refractivity contribution in [3.63, 3.8) is 0 Å². The summed E-state index contributed by atoms with van der Waals surface area (Å²) in [5, 5.41) is 5.86. The average molecular weight is 324 g/mol. The lowest BCUT2D eigenvalue weighted by atomic mass is 10.1. The van der Waals surface area contributed by atoms with Crippen molar-refractivity contribution < 1.29 is 14.4 Å². The van der Waals surface area contributed by atoms with Gasteiger partial charge in [-0.2, -0.15) is 0 Å². The Balaban J connectivity index is 1.99. The fourth-order valence-corrected chi connectivity index (χ4v) is 2.45. The second kappa shape index (κ2) is 5.96. The van der Waals surface area contributed by atoms with Crippen molar-refractivity contribution in [3.05, 3.63) is 34.9 Å². The van der Waals surface area contributed by atoms with Gasteiger partial charge in [0.1, 0.15) is 12.1 Å². The van der Waals surface area contributed by atoms with Gasteiger partial charge in [0.15, 0.2) is 0 Å². The Morgan fingerprint density at radius 2 is 2.09 bits per heavy atom. The summed E-state index contributed by atoms with van der Waals surface area (Å²) in [7, 11) is 0. The number of benzene rings is 1. The quantitative estimate of drug-likeness (QED) is 0.830. The molecule has 0 radical (unpaired) electrons. The lowest BCUT2D eigenvalue weighted by Crippen LogP contribution is -2.43. The highest BCUT2D eigenvalue weighted by molar-refractivity contribution is 6.30. The predicted molar refractivity (Wildman–Crippen MR) is 82.3 cm³/mol. The van der Waals surface area contributed by atoms with Crippen molar-refractivity contribution in [2.75, 3.05) is 6.54 Å². The SMILES string of the molecule is C[C@@H](NC(=O)CN1C(=O)NC(C)(C)C1=O)c1cccc(Cl)c1. The lowest BCUT2D eigenvalue weighted by molar-refractivity contribution is -0.134. The van der Waals surface area contributed by atoms with E-state index in [1.807, 2.05) is 6.07 Å². The molecular weight excluding hydrogens is 306 g/mol. The minimum Gasteiger partial charge on any atom is -0.348 e. The molecule has 1 aromatic rings. The molecule has 22 heavy (non-hydrogen) atoms. The van der Waals surface area contributed by atoms with Crippen LogP contribution in [0.15, 0.2) is 24.3 Å². The number of halogens is 1. The zero-order chi connectivity index (χ0) is 16.5. The maximum absolute atomic E-state index is 12.1.